The van der Waals surface area contributed by atoms with Crippen LogP contribution < -0.4 is 15.6 Å². The molecule has 5 rings (SSSR count). The lowest BCUT2D eigenvalue weighted by Crippen LogP contribution is -2.52. The molecule has 1 saturated heterocycles. The van der Waals surface area contributed by atoms with Gasteiger partial charge in [0, 0.05) is 42.6 Å². The number of H-pyrrole nitrogens is 1. The van der Waals surface area contributed by atoms with Crippen molar-refractivity contribution in [2.75, 3.05) is 23.3 Å². The Hall–Kier alpha value is -4.13. The molecule has 3 N–H and O–H groups in total. The second-order valence-electron chi connectivity index (χ2n) is 7.79. The largest absolute Gasteiger partial charge is 0.477 e. The van der Waals surface area contributed by atoms with Gasteiger partial charge in [-0.15, -0.1) is 0 Å². The summed E-state index contributed by atoms with van der Waals surface area (Å²) in [7, 11) is 0. The van der Waals surface area contributed by atoms with Crippen LogP contribution in [0.2, 0.25) is 0 Å². The topological polar surface area (TPSA) is 159 Å². The number of aryl methyl sites for hydroxylation is 2. The minimum Gasteiger partial charge on any atom is -0.477 e. The average molecular weight is 466 g/mol. The third-order valence-electron chi connectivity index (χ3n) is 5.46. The normalized spacial score (nSPS) is 13.8. The van der Waals surface area contributed by atoms with Gasteiger partial charge in [-0.2, -0.15) is 9.47 Å². The molecule has 1 amide bonds. The van der Waals surface area contributed by atoms with Crippen molar-refractivity contribution in [1.29, 1.82) is 0 Å². The number of rotatable bonds is 5. The Bertz CT molecular complexity index is 1450. The van der Waals surface area contributed by atoms with Gasteiger partial charge >= 0.3 is 5.97 Å². The van der Waals surface area contributed by atoms with Crippen LogP contribution in [0, 0.1) is 19.8 Å². The van der Waals surface area contributed by atoms with E-state index in [9.17, 15) is 19.5 Å². The van der Waals surface area contributed by atoms with Crippen LogP contribution in [0.5, 0.6) is 0 Å². The number of aromatic amines is 1. The first-order valence-electron chi connectivity index (χ1n) is 9.97. The number of nitrogens with zero attached hydrogens (tertiary/aromatic N) is 6. The number of carboxylic acids is 1. The summed E-state index contributed by atoms with van der Waals surface area (Å²) in [6.07, 6.45) is 2.57. The number of amides is 1. The third kappa shape index (κ3) is 3.61. The fourth-order valence-corrected chi connectivity index (χ4v) is 4.26. The average Bonchev–Trinajstić information content (AvgIpc) is 3.38. The molecule has 5 heterocycles. The standard InChI is InChI=1S/C20H18N8O4S/c1-9-3-14(27-5-11(6-27)18(30)23-13-4-10(2)25-26-13)24-17-15(9)16(29)12(19(31)32)7-28(17)20-21-8-22-33-20/h3-4,7-8,11H,5-6H2,1-2H3,(H,31,32)(H2,23,25,26,30). The molecule has 1 fully saturated rings. The van der Waals surface area contributed by atoms with Gasteiger partial charge in [-0.1, -0.05) is 0 Å². The van der Waals surface area contributed by atoms with E-state index in [-0.39, 0.29) is 28.4 Å². The molecule has 4 aromatic heterocycles. The second-order valence-corrected chi connectivity index (χ2v) is 8.55. The van der Waals surface area contributed by atoms with Crippen LogP contribution in [0.3, 0.4) is 0 Å². The quantitative estimate of drug-likeness (QED) is 0.394. The zero-order chi connectivity index (χ0) is 23.3. The first-order valence-corrected chi connectivity index (χ1v) is 10.7. The maximum atomic E-state index is 12.9. The van der Waals surface area contributed by atoms with Crippen molar-refractivity contribution in [2.24, 2.45) is 5.92 Å². The minimum atomic E-state index is -1.33. The van der Waals surface area contributed by atoms with Crippen molar-refractivity contribution in [3.63, 3.8) is 0 Å². The van der Waals surface area contributed by atoms with Crippen LogP contribution in [-0.2, 0) is 4.79 Å². The number of carbonyl (C=O) groups excluding carboxylic acids is 1. The van der Waals surface area contributed by atoms with Crippen molar-refractivity contribution in [3.05, 3.63) is 51.7 Å². The summed E-state index contributed by atoms with van der Waals surface area (Å²) in [6, 6.07) is 3.48. The molecule has 33 heavy (non-hydrogen) atoms. The molecule has 1 aliphatic rings. The summed E-state index contributed by atoms with van der Waals surface area (Å²) < 4.78 is 5.44. The molecular weight excluding hydrogens is 448 g/mol. The van der Waals surface area contributed by atoms with Crippen LogP contribution in [0.15, 0.2) is 29.5 Å². The zero-order valence-electron chi connectivity index (χ0n) is 17.6. The molecule has 13 heteroatoms. The molecule has 0 aliphatic carbocycles. The number of hydrogen-bond donors (Lipinski definition) is 3. The van der Waals surface area contributed by atoms with E-state index >= 15 is 0 Å². The van der Waals surface area contributed by atoms with Gasteiger partial charge in [0.15, 0.2) is 11.5 Å². The number of carboxylic acid groups (broad SMARTS) is 1. The second kappa shape index (κ2) is 7.78. The number of pyridine rings is 2. The lowest BCUT2D eigenvalue weighted by Gasteiger charge is -2.39. The molecule has 12 nitrogen and oxygen atoms in total. The van der Waals surface area contributed by atoms with Crippen LogP contribution >= 0.6 is 11.5 Å². The summed E-state index contributed by atoms with van der Waals surface area (Å²) in [4.78, 5) is 47.7. The number of aromatic carboxylic acids is 1. The van der Waals surface area contributed by atoms with Crippen LogP contribution in [0.1, 0.15) is 21.6 Å². The van der Waals surface area contributed by atoms with Crippen molar-refractivity contribution >= 4 is 46.1 Å². The molecule has 0 bridgehead atoms. The van der Waals surface area contributed by atoms with Crippen molar-refractivity contribution in [2.45, 2.75) is 13.8 Å². The summed E-state index contributed by atoms with van der Waals surface area (Å²) >= 11 is 1.06. The van der Waals surface area contributed by atoms with E-state index in [2.05, 4.69) is 29.9 Å². The molecule has 0 spiro atoms. The van der Waals surface area contributed by atoms with Crippen LogP contribution in [-0.4, -0.2) is 59.2 Å². The molecular formula is C20H18N8O4S. The van der Waals surface area contributed by atoms with Crippen molar-refractivity contribution < 1.29 is 14.7 Å². The van der Waals surface area contributed by atoms with Gasteiger partial charge in [-0.3, -0.25) is 19.3 Å². The van der Waals surface area contributed by atoms with E-state index in [0.717, 1.165) is 17.2 Å². The summed E-state index contributed by atoms with van der Waals surface area (Å²) in [5.41, 5.74) is 0.747. The van der Waals surface area contributed by atoms with E-state index in [1.807, 2.05) is 11.8 Å². The fraction of sp³-hybridized carbons (Fsp3) is 0.250. The molecule has 4 aromatic rings. The van der Waals surface area contributed by atoms with Gasteiger partial charge in [-0.05, 0) is 25.5 Å². The van der Waals surface area contributed by atoms with Gasteiger partial charge in [0.05, 0.1) is 11.3 Å². The number of fused-ring (bicyclic) bond motifs is 1. The SMILES string of the molecule is Cc1cc(NC(=O)C2CN(c3cc(C)c4c(=O)c(C(=O)O)cn(-c5ncns5)c4n3)C2)n[nH]1. The lowest BCUT2D eigenvalue weighted by molar-refractivity contribution is -0.120. The van der Waals surface area contributed by atoms with Crippen molar-refractivity contribution in [1.82, 2.24) is 29.1 Å². The predicted octanol–water partition coefficient (Wildman–Crippen LogP) is 1.35. The van der Waals surface area contributed by atoms with Crippen LogP contribution in [0.4, 0.5) is 11.6 Å². The number of nitrogens with one attached hydrogen (secondary N) is 2. The first kappa shape index (κ1) is 20.8. The Morgan fingerprint density at radius 1 is 1.27 bits per heavy atom. The van der Waals surface area contributed by atoms with Gasteiger partial charge in [0.25, 0.3) is 0 Å². The molecule has 0 aromatic carbocycles. The highest BCUT2D eigenvalue weighted by molar-refractivity contribution is 7.08. The lowest BCUT2D eigenvalue weighted by atomic mass is 9.98. The maximum Gasteiger partial charge on any atom is 0.341 e. The Morgan fingerprint density at radius 2 is 2.06 bits per heavy atom. The highest BCUT2D eigenvalue weighted by Crippen LogP contribution is 2.28. The highest BCUT2D eigenvalue weighted by atomic mass is 32.1. The predicted molar refractivity (Wildman–Crippen MR) is 120 cm³/mol. The van der Waals surface area contributed by atoms with E-state index in [0.29, 0.717) is 35.4 Å². The van der Waals surface area contributed by atoms with Gasteiger partial charge in [0.2, 0.25) is 16.5 Å². The first-order chi connectivity index (χ1) is 15.8. The van der Waals surface area contributed by atoms with Gasteiger partial charge in [-0.25, -0.2) is 14.8 Å². The molecule has 0 saturated carbocycles. The summed E-state index contributed by atoms with van der Waals surface area (Å²) in [6.45, 7) is 4.48. The number of aromatic nitrogens is 6. The Labute approximate surface area is 190 Å². The highest BCUT2D eigenvalue weighted by Gasteiger charge is 2.34. The third-order valence-corrected chi connectivity index (χ3v) is 6.13. The monoisotopic (exact) mass is 466 g/mol. The van der Waals surface area contributed by atoms with E-state index in [1.54, 1.807) is 19.1 Å². The molecule has 1 aliphatic heterocycles. The van der Waals surface area contributed by atoms with Crippen LogP contribution in [0.25, 0.3) is 16.2 Å². The number of anilines is 2. The van der Waals surface area contributed by atoms with Crippen molar-refractivity contribution in [3.8, 4) is 5.13 Å². The number of carbonyl (C=O) groups is 2. The van der Waals surface area contributed by atoms with E-state index < -0.39 is 11.4 Å². The zero-order valence-corrected chi connectivity index (χ0v) is 18.4. The Morgan fingerprint density at radius 3 is 2.70 bits per heavy atom. The summed E-state index contributed by atoms with van der Waals surface area (Å²) in [5, 5.41) is 19.7. The summed E-state index contributed by atoms with van der Waals surface area (Å²) in [5.74, 6) is -0.634. The molecule has 0 atom stereocenters. The maximum absolute atomic E-state index is 12.9. The fourth-order valence-electron chi connectivity index (χ4n) is 3.75. The number of hydrogen-bond acceptors (Lipinski definition) is 9. The minimum absolute atomic E-state index is 0.132. The Balaban J connectivity index is 1.48. The molecule has 0 radical (unpaired) electrons. The van der Waals surface area contributed by atoms with E-state index in [1.165, 1.54) is 17.1 Å². The molecule has 168 valence electrons. The smallest absolute Gasteiger partial charge is 0.341 e. The van der Waals surface area contributed by atoms with Gasteiger partial charge in [0.1, 0.15) is 17.7 Å². The van der Waals surface area contributed by atoms with Gasteiger partial charge < -0.3 is 15.3 Å². The van der Waals surface area contributed by atoms with E-state index in [4.69, 9.17) is 0 Å². The Kier molecular flexibility index (Phi) is 4.89. The molecule has 0 unspecified atom stereocenters.